The largest absolute Gasteiger partial charge is 0.383 e. The third-order valence-electron chi connectivity index (χ3n) is 2.48. The van der Waals surface area contributed by atoms with Crippen LogP contribution in [0.4, 0.5) is 0 Å². The monoisotopic (exact) mass is 259 g/mol. The fourth-order valence-corrected chi connectivity index (χ4v) is 1.50. The van der Waals surface area contributed by atoms with Crippen molar-refractivity contribution in [1.82, 2.24) is 25.3 Å². The van der Waals surface area contributed by atoms with E-state index in [0.29, 0.717) is 24.8 Å². The van der Waals surface area contributed by atoms with Crippen LogP contribution in [0.5, 0.6) is 0 Å². The van der Waals surface area contributed by atoms with Gasteiger partial charge in [-0.25, -0.2) is 19.9 Å². The molecule has 0 aliphatic carbocycles. The maximum absolute atomic E-state index is 4.97. The number of hydrogen-bond acceptors (Lipinski definition) is 6. The second kappa shape index (κ2) is 6.86. The van der Waals surface area contributed by atoms with Crippen LogP contribution in [0.15, 0.2) is 24.7 Å². The van der Waals surface area contributed by atoms with Gasteiger partial charge >= 0.3 is 0 Å². The summed E-state index contributed by atoms with van der Waals surface area (Å²) in [6.07, 6.45) is 5.24. The number of hydrogen-bond donors (Lipinski definition) is 1. The molecule has 19 heavy (non-hydrogen) atoms. The van der Waals surface area contributed by atoms with Gasteiger partial charge in [0.2, 0.25) is 0 Å². The number of nitrogens with zero attached hydrogens (tertiary/aromatic N) is 4. The van der Waals surface area contributed by atoms with Gasteiger partial charge in [0.05, 0.1) is 12.3 Å². The Bertz CT molecular complexity index is 515. The molecule has 0 atom stereocenters. The van der Waals surface area contributed by atoms with E-state index in [0.717, 1.165) is 17.8 Å². The first-order valence-corrected chi connectivity index (χ1v) is 6.10. The topological polar surface area (TPSA) is 72.8 Å². The molecular weight excluding hydrogens is 242 g/mol. The molecule has 0 bridgehead atoms. The fourth-order valence-electron chi connectivity index (χ4n) is 1.50. The minimum absolute atomic E-state index is 0.546. The lowest BCUT2D eigenvalue weighted by Gasteiger charge is -2.05. The molecule has 100 valence electrons. The molecule has 6 heteroatoms. The Labute approximate surface area is 112 Å². The van der Waals surface area contributed by atoms with Crippen molar-refractivity contribution in [3.63, 3.8) is 0 Å². The lowest BCUT2D eigenvalue weighted by Crippen LogP contribution is -2.19. The van der Waals surface area contributed by atoms with Gasteiger partial charge in [0.25, 0.3) is 0 Å². The molecule has 2 rings (SSSR count). The first-order chi connectivity index (χ1) is 9.29. The molecule has 0 spiro atoms. The summed E-state index contributed by atoms with van der Waals surface area (Å²) in [5, 5.41) is 3.23. The molecule has 0 saturated carbocycles. The van der Waals surface area contributed by atoms with Crippen molar-refractivity contribution in [3.8, 4) is 11.6 Å². The zero-order chi connectivity index (χ0) is 13.5. The zero-order valence-electron chi connectivity index (χ0n) is 11.1. The van der Waals surface area contributed by atoms with Gasteiger partial charge in [0, 0.05) is 38.8 Å². The van der Waals surface area contributed by atoms with E-state index in [1.165, 1.54) is 0 Å². The zero-order valence-corrected chi connectivity index (χ0v) is 11.1. The van der Waals surface area contributed by atoms with E-state index in [9.17, 15) is 0 Å². The average molecular weight is 259 g/mol. The van der Waals surface area contributed by atoms with Gasteiger partial charge in [-0.15, -0.1) is 0 Å². The Hall–Kier alpha value is -1.92. The molecule has 0 saturated heterocycles. The molecule has 2 heterocycles. The molecule has 0 unspecified atom stereocenters. The summed E-state index contributed by atoms with van der Waals surface area (Å²) < 4.78 is 4.97. The summed E-state index contributed by atoms with van der Waals surface area (Å²) in [7, 11) is 1.68. The van der Waals surface area contributed by atoms with Crippen LogP contribution in [-0.4, -0.2) is 40.2 Å². The molecule has 0 amide bonds. The third-order valence-corrected chi connectivity index (χ3v) is 2.48. The van der Waals surface area contributed by atoms with Crippen LogP contribution in [-0.2, 0) is 11.3 Å². The molecule has 2 aromatic rings. The van der Waals surface area contributed by atoms with Crippen LogP contribution in [0, 0.1) is 6.92 Å². The number of aryl methyl sites for hydroxylation is 1. The minimum Gasteiger partial charge on any atom is -0.383 e. The molecule has 0 fully saturated rings. The van der Waals surface area contributed by atoms with Crippen LogP contribution < -0.4 is 5.32 Å². The summed E-state index contributed by atoms with van der Waals surface area (Å²) in [4.78, 5) is 17.1. The van der Waals surface area contributed by atoms with E-state index in [1.807, 2.05) is 13.0 Å². The first kappa shape index (κ1) is 13.5. The quantitative estimate of drug-likeness (QED) is 0.780. The number of rotatable bonds is 6. The highest BCUT2D eigenvalue weighted by Gasteiger charge is 2.05. The summed E-state index contributed by atoms with van der Waals surface area (Å²) in [6, 6.07) is 1.87. The fraction of sp³-hybridized carbons (Fsp3) is 0.385. The van der Waals surface area contributed by atoms with Crippen molar-refractivity contribution in [2.45, 2.75) is 13.5 Å². The highest BCUT2D eigenvalue weighted by Crippen LogP contribution is 2.08. The van der Waals surface area contributed by atoms with Gasteiger partial charge in [-0.2, -0.15) is 0 Å². The number of ether oxygens (including phenoxy) is 1. The Balaban J connectivity index is 2.04. The van der Waals surface area contributed by atoms with E-state index in [-0.39, 0.29) is 0 Å². The summed E-state index contributed by atoms with van der Waals surface area (Å²) in [6.45, 7) is 4.08. The summed E-state index contributed by atoms with van der Waals surface area (Å²) >= 11 is 0. The molecule has 1 N–H and O–H groups in total. The van der Waals surface area contributed by atoms with Crippen molar-refractivity contribution in [2.24, 2.45) is 0 Å². The minimum atomic E-state index is 0.546. The first-order valence-electron chi connectivity index (χ1n) is 6.10. The second-order valence-electron chi connectivity index (χ2n) is 4.13. The van der Waals surface area contributed by atoms with Gasteiger partial charge in [0.1, 0.15) is 0 Å². The Morgan fingerprint density at radius 2 is 1.95 bits per heavy atom. The van der Waals surface area contributed by atoms with Gasteiger partial charge in [-0.1, -0.05) is 0 Å². The number of methoxy groups -OCH3 is 1. The van der Waals surface area contributed by atoms with Crippen molar-refractivity contribution in [1.29, 1.82) is 0 Å². The van der Waals surface area contributed by atoms with E-state index < -0.39 is 0 Å². The van der Waals surface area contributed by atoms with Crippen LogP contribution in [0.2, 0.25) is 0 Å². The van der Waals surface area contributed by atoms with Crippen molar-refractivity contribution < 1.29 is 4.74 Å². The highest BCUT2D eigenvalue weighted by molar-refractivity contribution is 5.42. The maximum atomic E-state index is 4.97. The predicted octanol–water partition coefficient (Wildman–Crippen LogP) is 0.978. The van der Waals surface area contributed by atoms with E-state index in [2.05, 4.69) is 25.3 Å². The maximum Gasteiger partial charge on any atom is 0.197 e. The SMILES string of the molecule is COCCNCc1ccnc(-c2ncc(C)cn2)n1. The smallest absolute Gasteiger partial charge is 0.197 e. The van der Waals surface area contributed by atoms with E-state index >= 15 is 0 Å². The van der Waals surface area contributed by atoms with Crippen LogP contribution in [0.25, 0.3) is 11.6 Å². The second-order valence-corrected chi connectivity index (χ2v) is 4.13. The molecule has 0 aliphatic heterocycles. The van der Waals surface area contributed by atoms with Crippen molar-refractivity contribution in [2.75, 3.05) is 20.3 Å². The summed E-state index contributed by atoms with van der Waals surface area (Å²) in [5.41, 5.74) is 1.92. The normalized spacial score (nSPS) is 10.6. The molecule has 0 aliphatic rings. The van der Waals surface area contributed by atoms with E-state index in [1.54, 1.807) is 25.7 Å². The Kier molecular flexibility index (Phi) is 4.88. The van der Waals surface area contributed by atoms with E-state index in [4.69, 9.17) is 4.74 Å². The summed E-state index contributed by atoms with van der Waals surface area (Å²) in [5.74, 6) is 1.09. The van der Waals surface area contributed by atoms with Gasteiger partial charge in [0.15, 0.2) is 11.6 Å². The van der Waals surface area contributed by atoms with Gasteiger partial charge in [-0.05, 0) is 18.6 Å². The molecule has 0 radical (unpaired) electrons. The van der Waals surface area contributed by atoms with Gasteiger partial charge in [-0.3, -0.25) is 0 Å². The standard InChI is InChI=1S/C13H17N5O/c1-10-7-16-12(17-8-10)13-15-4-3-11(18-13)9-14-5-6-19-2/h3-4,7-8,14H,5-6,9H2,1-2H3. The molecule has 2 aromatic heterocycles. The van der Waals surface area contributed by atoms with Gasteiger partial charge < -0.3 is 10.1 Å². The number of aromatic nitrogens is 4. The Morgan fingerprint density at radius 1 is 1.16 bits per heavy atom. The number of nitrogens with one attached hydrogen (secondary N) is 1. The lowest BCUT2D eigenvalue weighted by molar-refractivity contribution is 0.199. The average Bonchev–Trinajstić information content (AvgIpc) is 2.45. The highest BCUT2D eigenvalue weighted by atomic mass is 16.5. The molecule has 0 aromatic carbocycles. The lowest BCUT2D eigenvalue weighted by atomic mass is 10.3. The van der Waals surface area contributed by atoms with Crippen molar-refractivity contribution in [3.05, 3.63) is 35.9 Å². The van der Waals surface area contributed by atoms with Crippen molar-refractivity contribution >= 4 is 0 Å². The Morgan fingerprint density at radius 3 is 2.68 bits per heavy atom. The molecule has 6 nitrogen and oxygen atoms in total. The third kappa shape index (κ3) is 4.04. The van der Waals surface area contributed by atoms with Crippen LogP contribution in [0.3, 0.4) is 0 Å². The predicted molar refractivity (Wildman–Crippen MR) is 71.4 cm³/mol. The van der Waals surface area contributed by atoms with Crippen LogP contribution in [0.1, 0.15) is 11.3 Å². The van der Waals surface area contributed by atoms with Crippen LogP contribution >= 0.6 is 0 Å². The molecular formula is C13H17N5O.